The van der Waals surface area contributed by atoms with E-state index in [1.54, 1.807) is 69.6 Å². The Hall–Kier alpha value is -13.1. The zero-order valence-electron chi connectivity index (χ0n) is 90.1. The van der Waals surface area contributed by atoms with E-state index in [2.05, 4.69) is 443 Å². The molecule has 0 aliphatic heterocycles. The molecule has 16 aromatic carbocycles. The predicted octanol–water partition coefficient (Wildman–Crippen LogP) is 37.3. The molecule has 752 valence electrons. The number of thiazole rings is 4. The van der Waals surface area contributed by atoms with Crippen LogP contribution in [0.25, 0.3) is 161 Å². The van der Waals surface area contributed by atoms with E-state index < -0.39 is 7.12 Å². The van der Waals surface area contributed by atoms with Gasteiger partial charge in [-0.1, -0.05) is 421 Å². The number of hydrogen-bond acceptors (Lipinski definition) is 13. The SMILES string of the molecule is CC(C)(C)c1cc(Br)c2nc(-c3ccccc3O)sc2c1.CC(C)(C)c1ccc(-c2ccc(-c3cc(C(C)(C)C)cc4sc(-c5ccccc5N)nc34)cc2)cc1.CC(C)(C)c1ccc(-c2ccc(-c3cc(C(C)(C)C)cc4sc(-c5ccccc5O)nc34)cc2)cc1.CC(C)(C)c1ccc(-c2ccc(B(O)O)cc2)cc1.Cc1ccccc1-c1nc2c(-c3ccc(-c4ccc(C(C)(C)C)cc4)cc3)cc(C(C)(C)C)cc2s1. The number of nitrogens with zero attached hydrogens (tertiary/aromatic N) is 4. The minimum atomic E-state index is -1.41. The van der Waals surface area contributed by atoms with Crippen LogP contribution in [0.1, 0.15) is 216 Å². The van der Waals surface area contributed by atoms with E-state index in [0.29, 0.717) is 5.46 Å². The van der Waals surface area contributed by atoms with Crippen LogP contribution in [0.5, 0.6) is 11.5 Å². The number of phenolic OH excluding ortho intramolecular Hbond substituents is 2. The van der Waals surface area contributed by atoms with Gasteiger partial charge in [-0.3, -0.25) is 0 Å². The summed E-state index contributed by atoms with van der Waals surface area (Å²) in [6, 6.07) is 119. The van der Waals surface area contributed by atoms with Gasteiger partial charge in [0.2, 0.25) is 0 Å². The van der Waals surface area contributed by atoms with Gasteiger partial charge in [0.1, 0.15) is 31.5 Å². The van der Waals surface area contributed by atoms with Crippen molar-refractivity contribution in [3.05, 3.63) is 394 Å². The van der Waals surface area contributed by atoms with E-state index in [-0.39, 0.29) is 54.8 Å². The van der Waals surface area contributed by atoms with E-state index in [0.717, 1.165) is 101 Å². The molecular formula is C133H137BBrN5O4S4. The summed E-state index contributed by atoms with van der Waals surface area (Å²) < 4.78 is 5.71. The van der Waals surface area contributed by atoms with E-state index in [1.165, 1.54) is 121 Å². The maximum absolute atomic E-state index is 10.4. The monoisotopic (exact) mass is 2090 g/mol. The molecule has 0 saturated heterocycles. The van der Waals surface area contributed by atoms with Crippen molar-refractivity contribution in [3.8, 4) is 132 Å². The van der Waals surface area contributed by atoms with Crippen LogP contribution in [0.2, 0.25) is 0 Å². The van der Waals surface area contributed by atoms with Crippen LogP contribution in [0.4, 0.5) is 5.69 Å². The van der Waals surface area contributed by atoms with E-state index >= 15 is 0 Å². The first-order valence-corrected chi connectivity index (χ1v) is 55.0. The summed E-state index contributed by atoms with van der Waals surface area (Å²) in [7, 11) is -1.41. The Kier molecular flexibility index (Phi) is 31.5. The van der Waals surface area contributed by atoms with Gasteiger partial charge in [-0.25, -0.2) is 19.9 Å². The second-order valence-corrected chi connectivity index (χ2v) is 51.9. The molecular weight excluding hydrogens is 1950 g/mol. The van der Waals surface area contributed by atoms with Gasteiger partial charge in [-0.15, -0.1) is 45.3 Å². The zero-order valence-corrected chi connectivity index (χ0v) is 94.9. The third kappa shape index (κ3) is 25.2. The number of aromatic hydroxyl groups is 2. The van der Waals surface area contributed by atoms with Crippen LogP contribution in [-0.4, -0.2) is 47.3 Å². The van der Waals surface area contributed by atoms with E-state index in [9.17, 15) is 10.2 Å². The molecule has 0 radical (unpaired) electrons. The Labute approximate surface area is 901 Å². The van der Waals surface area contributed by atoms with E-state index in [1.807, 2.05) is 66.7 Å². The Morgan fingerprint density at radius 3 is 0.716 bits per heavy atom. The fraction of sp³-hybridized carbons (Fsp3) is 0.248. The third-order valence-corrected chi connectivity index (χ3v) is 32.1. The molecule has 148 heavy (non-hydrogen) atoms. The highest BCUT2D eigenvalue weighted by atomic mass is 79.9. The van der Waals surface area contributed by atoms with Gasteiger partial charge in [-0.05, 0) is 268 Å². The predicted molar refractivity (Wildman–Crippen MR) is 644 cm³/mol. The van der Waals surface area contributed by atoms with Crippen molar-refractivity contribution in [1.29, 1.82) is 0 Å². The van der Waals surface area contributed by atoms with Gasteiger partial charge < -0.3 is 26.0 Å². The molecule has 20 aromatic rings. The molecule has 20 rings (SSSR count). The van der Waals surface area contributed by atoms with Crippen molar-refractivity contribution in [2.75, 3.05) is 5.73 Å². The van der Waals surface area contributed by atoms with Crippen molar-refractivity contribution in [3.63, 3.8) is 0 Å². The van der Waals surface area contributed by atoms with Crippen LogP contribution >= 0.6 is 61.3 Å². The number of para-hydroxylation sites is 3. The lowest BCUT2D eigenvalue weighted by Crippen LogP contribution is -2.29. The Morgan fingerprint density at radius 2 is 0.446 bits per heavy atom. The Morgan fingerprint density at radius 1 is 0.230 bits per heavy atom. The number of phenols is 2. The second-order valence-electron chi connectivity index (χ2n) is 47.0. The molecule has 0 spiro atoms. The van der Waals surface area contributed by atoms with Crippen LogP contribution in [0, 0.1) is 6.92 Å². The summed E-state index contributed by atoms with van der Waals surface area (Å²) in [6.45, 7) is 56.0. The van der Waals surface area contributed by atoms with Crippen molar-refractivity contribution >= 4 is 120 Å². The fourth-order valence-electron chi connectivity index (χ4n) is 17.8. The lowest BCUT2D eigenvalue weighted by molar-refractivity contribution is 0.425. The van der Waals surface area contributed by atoms with Crippen molar-refractivity contribution < 1.29 is 20.3 Å². The number of nitrogens with two attached hydrogens (primary N) is 1. The van der Waals surface area contributed by atoms with Gasteiger partial charge in [0, 0.05) is 38.0 Å². The van der Waals surface area contributed by atoms with Crippen LogP contribution in [0.15, 0.2) is 344 Å². The van der Waals surface area contributed by atoms with Crippen molar-refractivity contribution in [2.45, 2.75) is 216 Å². The average Bonchev–Trinajstić information content (AvgIpc) is 1.61. The molecule has 0 bridgehead atoms. The lowest BCUT2D eigenvalue weighted by atomic mass is 9.79. The normalized spacial score (nSPS) is 12.1. The zero-order chi connectivity index (χ0) is 106. The summed E-state index contributed by atoms with van der Waals surface area (Å²) in [6.07, 6.45) is 0. The molecule has 0 fully saturated rings. The van der Waals surface area contributed by atoms with Crippen LogP contribution in [-0.2, 0) is 43.3 Å². The van der Waals surface area contributed by atoms with Gasteiger partial charge in [0.05, 0.1) is 52.0 Å². The largest absolute Gasteiger partial charge is 0.507 e. The van der Waals surface area contributed by atoms with Gasteiger partial charge in [0.25, 0.3) is 0 Å². The van der Waals surface area contributed by atoms with Crippen LogP contribution in [0.3, 0.4) is 0 Å². The molecule has 0 unspecified atom stereocenters. The van der Waals surface area contributed by atoms with Crippen molar-refractivity contribution in [1.82, 2.24) is 19.9 Å². The molecule has 0 amide bonds. The highest BCUT2D eigenvalue weighted by Gasteiger charge is 2.28. The molecule has 15 heteroatoms. The first-order chi connectivity index (χ1) is 69.7. The first-order valence-electron chi connectivity index (χ1n) is 50.9. The minimum absolute atomic E-state index is 0.0106. The second kappa shape index (κ2) is 43.3. The number of halogens is 1. The average molecular weight is 2090 g/mol. The molecule has 9 nitrogen and oxygen atoms in total. The maximum Gasteiger partial charge on any atom is 0.488 e. The number of aryl methyl sites for hydroxylation is 1. The number of anilines is 1. The molecule has 4 heterocycles. The number of benzene rings is 16. The standard InChI is InChI=1S/C34H35NS.C33H34N2S.C33H33NOS.C17H16BrNOS.C16H19BO2/c1-22-10-8-9-11-28(22)32-35-31-29(20-27(34(5,6)7)21-30(31)36-32)25-14-12-23(13-15-25)24-16-18-26(19-17-24)33(2,3)4;1-32(2,3)24-17-15-22(16-18-24)21-11-13-23(14-12-21)27-19-25(33(4,5)6)20-29-30(27)35-31(36-29)26-9-7-8-10-28(26)34;1-32(2,3)24-17-15-22(16-18-24)21-11-13-23(14-12-21)27-19-25(33(4,5)6)20-29-30(27)34-31(36-29)26-9-7-8-10-28(26)35;1-17(2,3)10-8-12(18)15-14(9-10)21-16(19-15)11-6-4-5-7-13(11)20;1-16(2,3)14-8-4-12(5-9-14)13-6-10-15(11-7-13)17(18)19/h8-21H,1-7H3;7-20H,34H2,1-6H3;7-20,35H,1-6H3;4-9,20H,1-3H3;4-11,18-19H,1-3H3. The molecule has 0 atom stereocenters. The molecule has 0 aliphatic rings. The first kappa shape index (κ1) is 108. The van der Waals surface area contributed by atoms with Gasteiger partial charge >= 0.3 is 7.12 Å². The number of aromatic nitrogens is 4. The summed E-state index contributed by atoms with van der Waals surface area (Å²) in [5.41, 5.74) is 44.6. The maximum atomic E-state index is 10.4. The fourth-order valence-corrected chi connectivity index (χ4v) is 22.8. The lowest BCUT2D eigenvalue weighted by Gasteiger charge is -2.20. The summed E-state index contributed by atoms with van der Waals surface area (Å²) in [4.78, 5) is 20.0. The van der Waals surface area contributed by atoms with Crippen LogP contribution < -0.4 is 11.2 Å². The number of fused-ring (bicyclic) bond motifs is 4. The highest BCUT2D eigenvalue weighted by Crippen LogP contribution is 2.48. The number of rotatable bonds is 12. The quantitative estimate of drug-likeness (QED) is 0.0593. The topological polar surface area (TPSA) is 158 Å². The number of nitrogen functional groups attached to an aromatic ring is 1. The summed E-state index contributed by atoms with van der Waals surface area (Å²) in [5.74, 6) is 0.528. The molecule has 4 aromatic heterocycles. The van der Waals surface area contributed by atoms with Gasteiger partial charge in [0.15, 0.2) is 0 Å². The summed E-state index contributed by atoms with van der Waals surface area (Å²) in [5, 5.41) is 42.3. The smallest absolute Gasteiger partial charge is 0.488 e. The summed E-state index contributed by atoms with van der Waals surface area (Å²) >= 11 is 10.4. The van der Waals surface area contributed by atoms with Gasteiger partial charge in [-0.2, -0.15) is 0 Å². The Balaban J connectivity index is 0.000000135. The molecule has 6 N–H and O–H groups in total. The third-order valence-electron chi connectivity index (χ3n) is 27.4. The van der Waals surface area contributed by atoms with E-state index in [4.69, 9.17) is 30.7 Å². The molecule has 0 aliphatic carbocycles. The Bertz CT molecular complexity index is 7540. The minimum Gasteiger partial charge on any atom is -0.507 e. The number of hydrogen-bond donors (Lipinski definition) is 5. The molecule has 0 saturated carbocycles. The highest BCUT2D eigenvalue weighted by molar-refractivity contribution is 9.10. The van der Waals surface area contributed by atoms with Crippen molar-refractivity contribution in [2.24, 2.45) is 0 Å².